The zero-order valence-electron chi connectivity index (χ0n) is 19.9. The number of benzene rings is 1. The van der Waals surface area contributed by atoms with Crippen LogP contribution in [0.25, 0.3) is 0 Å². The Hall–Kier alpha value is -2.59. The summed E-state index contributed by atoms with van der Waals surface area (Å²) in [4.78, 5) is 40.5. The monoisotopic (exact) mass is 468 g/mol. The molecule has 33 heavy (non-hydrogen) atoms. The number of rotatable bonds is 9. The number of primary amides is 1. The number of carbonyl (C=O) groups is 3. The number of hydrogen-bond acceptors (Lipinski definition) is 5. The van der Waals surface area contributed by atoms with Crippen LogP contribution in [0.2, 0.25) is 0 Å². The highest BCUT2D eigenvalue weighted by Crippen LogP contribution is 2.32. The first-order chi connectivity index (χ1) is 15.3. The van der Waals surface area contributed by atoms with Gasteiger partial charge < -0.3 is 20.7 Å². The Balaban J connectivity index is 2.34. The molecular formula is C23H34F2N4O4. The molecule has 2 rings (SSSR count). The Labute approximate surface area is 193 Å². The number of morpholine rings is 1. The number of anilines is 2. The topological polar surface area (TPSA) is 105 Å². The predicted octanol–water partition coefficient (Wildman–Crippen LogP) is 2.78. The van der Waals surface area contributed by atoms with Crippen molar-refractivity contribution in [1.82, 2.24) is 4.90 Å². The SMILES string of the molecule is CC(C)CN(CC(C)(C)C)[C@H](C(N)=O)C(=O)Nc1ccc(N2CCOCC2=O)cc1C(F)F. The van der Waals surface area contributed by atoms with Gasteiger partial charge in [0.05, 0.1) is 6.61 Å². The van der Waals surface area contributed by atoms with E-state index in [1.807, 2.05) is 34.6 Å². The third kappa shape index (κ3) is 7.46. The van der Waals surface area contributed by atoms with Gasteiger partial charge in [-0.1, -0.05) is 34.6 Å². The number of nitrogens with two attached hydrogens (primary N) is 1. The summed E-state index contributed by atoms with van der Waals surface area (Å²) >= 11 is 0. The minimum absolute atomic E-state index is 0.123. The molecule has 1 aromatic carbocycles. The quantitative estimate of drug-likeness (QED) is 0.543. The van der Waals surface area contributed by atoms with Crippen molar-refractivity contribution in [2.24, 2.45) is 17.1 Å². The van der Waals surface area contributed by atoms with Gasteiger partial charge in [-0.2, -0.15) is 0 Å². The first-order valence-electron chi connectivity index (χ1n) is 10.9. The molecule has 3 N–H and O–H groups in total. The van der Waals surface area contributed by atoms with E-state index in [0.29, 0.717) is 19.7 Å². The lowest BCUT2D eigenvalue weighted by atomic mass is 9.94. The van der Waals surface area contributed by atoms with Crippen molar-refractivity contribution in [1.29, 1.82) is 0 Å². The third-order valence-electron chi connectivity index (χ3n) is 4.99. The highest BCUT2D eigenvalue weighted by molar-refractivity contribution is 6.10. The Morgan fingerprint density at radius 1 is 1.27 bits per heavy atom. The van der Waals surface area contributed by atoms with Crippen LogP contribution < -0.4 is 16.0 Å². The summed E-state index contributed by atoms with van der Waals surface area (Å²) in [6, 6.07) is 2.64. The molecule has 3 amide bonds. The summed E-state index contributed by atoms with van der Waals surface area (Å²) in [5.41, 5.74) is 5.05. The Morgan fingerprint density at radius 3 is 2.45 bits per heavy atom. The van der Waals surface area contributed by atoms with Crippen molar-refractivity contribution in [3.8, 4) is 0 Å². The number of nitrogens with zero attached hydrogens (tertiary/aromatic N) is 2. The molecule has 1 saturated heterocycles. The average molecular weight is 469 g/mol. The molecule has 1 heterocycles. The Morgan fingerprint density at radius 2 is 1.94 bits per heavy atom. The predicted molar refractivity (Wildman–Crippen MR) is 122 cm³/mol. The van der Waals surface area contributed by atoms with Crippen LogP contribution in [0.15, 0.2) is 18.2 Å². The van der Waals surface area contributed by atoms with E-state index in [1.54, 1.807) is 4.90 Å². The molecule has 0 aromatic heterocycles. The zero-order chi connectivity index (χ0) is 24.9. The maximum Gasteiger partial charge on any atom is 0.265 e. The normalized spacial score (nSPS) is 15.9. The number of carbonyl (C=O) groups excluding carboxylic acids is 3. The molecule has 0 bridgehead atoms. The average Bonchev–Trinajstić information content (AvgIpc) is 2.66. The summed E-state index contributed by atoms with van der Waals surface area (Å²) in [5, 5.41) is 2.46. The van der Waals surface area contributed by atoms with E-state index in [0.717, 1.165) is 0 Å². The molecule has 1 aliphatic rings. The number of amides is 3. The van der Waals surface area contributed by atoms with Crippen LogP contribution in [0, 0.1) is 11.3 Å². The third-order valence-corrected chi connectivity index (χ3v) is 4.99. The minimum Gasteiger partial charge on any atom is -0.370 e. The molecule has 1 aromatic rings. The first-order valence-corrected chi connectivity index (χ1v) is 10.9. The summed E-state index contributed by atoms with van der Waals surface area (Å²) in [6.45, 7) is 11.1. The van der Waals surface area contributed by atoms with E-state index in [1.165, 1.54) is 23.1 Å². The van der Waals surface area contributed by atoms with Gasteiger partial charge in [-0.15, -0.1) is 0 Å². The highest BCUT2D eigenvalue weighted by atomic mass is 19.3. The van der Waals surface area contributed by atoms with Gasteiger partial charge in [0.25, 0.3) is 18.2 Å². The fraction of sp³-hybridized carbons (Fsp3) is 0.609. The molecule has 0 aliphatic carbocycles. The van der Waals surface area contributed by atoms with E-state index in [-0.39, 0.29) is 41.8 Å². The van der Waals surface area contributed by atoms with Crippen molar-refractivity contribution in [2.45, 2.75) is 47.1 Å². The van der Waals surface area contributed by atoms with Crippen LogP contribution in [0.3, 0.4) is 0 Å². The van der Waals surface area contributed by atoms with Gasteiger partial charge in [-0.3, -0.25) is 19.3 Å². The highest BCUT2D eigenvalue weighted by Gasteiger charge is 2.34. The molecule has 1 aliphatic heterocycles. The van der Waals surface area contributed by atoms with Gasteiger partial charge in [0, 0.05) is 36.6 Å². The molecule has 10 heteroatoms. The molecule has 0 spiro atoms. The molecule has 184 valence electrons. The molecule has 1 fully saturated rings. The summed E-state index contributed by atoms with van der Waals surface area (Å²) in [5.74, 6) is -1.82. The Bertz CT molecular complexity index is 871. The fourth-order valence-corrected chi connectivity index (χ4v) is 3.82. The lowest BCUT2D eigenvalue weighted by Crippen LogP contribution is -2.55. The Kier molecular flexibility index (Phi) is 8.90. The fourth-order valence-electron chi connectivity index (χ4n) is 3.82. The minimum atomic E-state index is -2.91. The molecule has 8 nitrogen and oxygen atoms in total. The smallest absolute Gasteiger partial charge is 0.265 e. The van der Waals surface area contributed by atoms with Crippen LogP contribution in [-0.4, -0.2) is 61.5 Å². The summed E-state index contributed by atoms with van der Waals surface area (Å²) in [6.07, 6.45) is -2.91. The van der Waals surface area contributed by atoms with Gasteiger partial charge in [0.2, 0.25) is 5.91 Å². The van der Waals surface area contributed by atoms with Crippen molar-refractivity contribution >= 4 is 29.1 Å². The van der Waals surface area contributed by atoms with Crippen LogP contribution >= 0.6 is 0 Å². The summed E-state index contributed by atoms with van der Waals surface area (Å²) < 4.78 is 32.8. The maximum absolute atomic E-state index is 13.9. The van der Waals surface area contributed by atoms with Gasteiger partial charge in [0.15, 0.2) is 6.04 Å². The van der Waals surface area contributed by atoms with Gasteiger partial charge in [-0.05, 0) is 29.5 Å². The molecular weight excluding hydrogens is 434 g/mol. The largest absolute Gasteiger partial charge is 0.370 e. The number of nitrogens with one attached hydrogen (secondary N) is 1. The van der Waals surface area contributed by atoms with Crippen molar-refractivity contribution in [2.75, 3.05) is 43.1 Å². The maximum atomic E-state index is 13.9. The van der Waals surface area contributed by atoms with Crippen molar-refractivity contribution in [3.05, 3.63) is 23.8 Å². The number of ether oxygens (including phenoxy) is 1. The number of alkyl halides is 2. The van der Waals surface area contributed by atoms with E-state index in [9.17, 15) is 23.2 Å². The molecule has 1 atom stereocenters. The van der Waals surface area contributed by atoms with Crippen molar-refractivity contribution < 1.29 is 27.9 Å². The standard InChI is InChI=1S/C23H34F2N4O4/c1-14(2)11-28(13-23(3,4)5)19(21(26)31)22(32)27-17-7-6-15(10-16(17)20(24)25)29-8-9-33-12-18(29)30/h6-7,10,14,19-20H,8-9,11-13H2,1-5H3,(H2,26,31)(H,27,32)/t19-/m1/s1. The molecule has 0 radical (unpaired) electrons. The van der Waals surface area contributed by atoms with E-state index < -0.39 is 29.8 Å². The second kappa shape index (κ2) is 11.0. The lowest BCUT2D eigenvalue weighted by molar-refractivity contribution is -0.133. The second-order valence-corrected chi connectivity index (χ2v) is 9.85. The molecule has 0 unspecified atom stereocenters. The van der Waals surface area contributed by atoms with Gasteiger partial charge in [-0.25, -0.2) is 8.78 Å². The number of hydrogen-bond donors (Lipinski definition) is 2. The van der Waals surface area contributed by atoms with Crippen molar-refractivity contribution in [3.63, 3.8) is 0 Å². The zero-order valence-corrected chi connectivity index (χ0v) is 19.9. The summed E-state index contributed by atoms with van der Waals surface area (Å²) in [7, 11) is 0. The van der Waals surface area contributed by atoms with Gasteiger partial charge in [0.1, 0.15) is 6.61 Å². The van der Waals surface area contributed by atoms with Gasteiger partial charge >= 0.3 is 0 Å². The molecule has 0 saturated carbocycles. The van der Waals surface area contributed by atoms with E-state index >= 15 is 0 Å². The number of halogens is 2. The van der Waals surface area contributed by atoms with Crippen LogP contribution in [0.1, 0.15) is 46.6 Å². The van der Waals surface area contributed by atoms with Crippen LogP contribution in [0.4, 0.5) is 20.2 Å². The van der Waals surface area contributed by atoms with Crippen LogP contribution in [0.5, 0.6) is 0 Å². The van der Waals surface area contributed by atoms with Crippen LogP contribution in [-0.2, 0) is 19.1 Å². The van der Waals surface area contributed by atoms with E-state index in [4.69, 9.17) is 10.5 Å². The second-order valence-electron chi connectivity index (χ2n) is 9.85. The lowest BCUT2D eigenvalue weighted by Gasteiger charge is -2.35. The first kappa shape index (κ1) is 26.7. The van der Waals surface area contributed by atoms with E-state index in [2.05, 4.69) is 5.32 Å².